The fourth-order valence-corrected chi connectivity index (χ4v) is 5.28. The van der Waals surface area contributed by atoms with Gasteiger partial charge in [0.2, 0.25) is 0 Å². The fraction of sp³-hybridized carbons (Fsp3) is 0.419. The second-order valence-electron chi connectivity index (χ2n) is 11.0. The van der Waals surface area contributed by atoms with Gasteiger partial charge in [-0.2, -0.15) is 0 Å². The highest BCUT2D eigenvalue weighted by Crippen LogP contribution is 2.37. The first-order valence-electron chi connectivity index (χ1n) is 13.1. The summed E-state index contributed by atoms with van der Waals surface area (Å²) in [6.45, 7) is 14.6. The third kappa shape index (κ3) is 6.61. The Morgan fingerprint density at radius 2 is 1.56 bits per heavy atom. The molecule has 5 heteroatoms. The highest BCUT2D eigenvalue weighted by Gasteiger charge is 2.26. The fourth-order valence-electron chi connectivity index (χ4n) is 5.15. The van der Waals surface area contributed by atoms with Crippen LogP contribution in [-0.2, 0) is 5.41 Å². The molecule has 1 saturated heterocycles. The molecule has 0 bridgehead atoms. The van der Waals surface area contributed by atoms with Gasteiger partial charge in [0.15, 0.2) is 0 Å². The van der Waals surface area contributed by atoms with Crippen molar-refractivity contribution in [1.29, 1.82) is 0 Å². The average Bonchev–Trinajstić information content (AvgIpc) is 2.86. The summed E-state index contributed by atoms with van der Waals surface area (Å²) in [4.78, 5) is 5.14. The summed E-state index contributed by atoms with van der Waals surface area (Å²) < 4.78 is 0. The summed E-state index contributed by atoms with van der Waals surface area (Å²) in [5, 5.41) is 15.1. The van der Waals surface area contributed by atoms with Crippen molar-refractivity contribution in [3.63, 3.8) is 0 Å². The maximum absolute atomic E-state index is 10.8. The minimum Gasteiger partial charge on any atom is -0.505 e. The Bertz CT molecular complexity index is 1120. The lowest BCUT2D eigenvalue weighted by Gasteiger charge is -2.40. The molecular formula is C31H40ClN3O. The quantitative estimate of drug-likeness (QED) is 0.259. The lowest BCUT2D eigenvalue weighted by molar-refractivity contribution is 0.109. The number of aromatic hydroxyl groups is 1. The van der Waals surface area contributed by atoms with Crippen LogP contribution in [0.1, 0.15) is 55.5 Å². The van der Waals surface area contributed by atoms with Crippen LogP contribution >= 0.6 is 11.6 Å². The first-order chi connectivity index (χ1) is 17.2. The Morgan fingerprint density at radius 3 is 2.19 bits per heavy atom. The van der Waals surface area contributed by atoms with Gasteiger partial charge in [0, 0.05) is 43.3 Å². The van der Waals surface area contributed by atoms with E-state index in [1.54, 1.807) is 0 Å². The second-order valence-corrected chi connectivity index (χ2v) is 11.4. The summed E-state index contributed by atoms with van der Waals surface area (Å²) in [5.74, 6) is 0.385. The number of phenols is 1. The Morgan fingerprint density at radius 1 is 0.917 bits per heavy atom. The van der Waals surface area contributed by atoms with Crippen molar-refractivity contribution < 1.29 is 5.11 Å². The third-order valence-electron chi connectivity index (χ3n) is 7.10. The minimum absolute atomic E-state index is 0.0875. The van der Waals surface area contributed by atoms with Gasteiger partial charge in [-0.1, -0.05) is 80.9 Å². The number of rotatable bonds is 8. The molecule has 0 saturated carbocycles. The van der Waals surface area contributed by atoms with E-state index in [9.17, 15) is 5.11 Å². The van der Waals surface area contributed by atoms with E-state index in [2.05, 4.69) is 91.3 Å². The van der Waals surface area contributed by atoms with Crippen LogP contribution in [0.5, 0.6) is 5.75 Å². The molecule has 0 spiro atoms. The molecule has 1 unspecified atom stereocenters. The number of halogens is 1. The highest BCUT2D eigenvalue weighted by molar-refractivity contribution is 6.30. The van der Waals surface area contributed by atoms with Crippen LogP contribution < -0.4 is 5.32 Å². The third-order valence-corrected chi connectivity index (χ3v) is 7.35. The van der Waals surface area contributed by atoms with Gasteiger partial charge in [0.1, 0.15) is 5.75 Å². The molecule has 1 heterocycles. The molecule has 2 N–H and O–H groups in total. The van der Waals surface area contributed by atoms with Crippen molar-refractivity contribution >= 4 is 17.3 Å². The lowest BCUT2D eigenvalue weighted by atomic mass is 9.85. The van der Waals surface area contributed by atoms with Crippen molar-refractivity contribution in [2.45, 2.75) is 45.6 Å². The van der Waals surface area contributed by atoms with E-state index in [1.165, 1.54) is 16.7 Å². The normalized spacial score (nSPS) is 16.1. The monoisotopic (exact) mass is 505 g/mol. The number of nitrogens with zero attached hydrogens (tertiary/aromatic N) is 2. The number of hydrogen-bond donors (Lipinski definition) is 2. The van der Waals surface area contributed by atoms with Gasteiger partial charge < -0.3 is 15.3 Å². The molecule has 4 rings (SSSR count). The molecule has 0 aliphatic carbocycles. The lowest BCUT2D eigenvalue weighted by Crippen LogP contribution is -2.48. The van der Waals surface area contributed by atoms with Crippen LogP contribution in [0.25, 0.3) is 0 Å². The van der Waals surface area contributed by atoms with E-state index in [0.29, 0.717) is 5.75 Å². The summed E-state index contributed by atoms with van der Waals surface area (Å²) in [6.07, 6.45) is 1.04. The van der Waals surface area contributed by atoms with Crippen LogP contribution in [-0.4, -0.2) is 54.2 Å². The van der Waals surface area contributed by atoms with Gasteiger partial charge in [-0.15, -0.1) is 0 Å². The molecular weight excluding hydrogens is 466 g/mol. The van der Waals surface area contributed by atoms with Crippen molar-refractivity contribution in [3.05, 3.63) is 94.0 Å². The number of hydrogen-bond acceptors (Lipinski definition) is 4. The maximum atomic E-state index is 10.8. The first kappa shape index (κ1) is 26.5. The molecule has 0 radical (unpaired) electrons. The number of anilines is 1. The molecule has 1 aliphatic rings. The van der Waals surface area contributed by atoms with Crippen LogP contribution in [0.3, 0.4) is 0 Å². The van der Waals surface area contributed by atoms with Crippen LogP contribution in [0.15, 0.2) is 66.7 Å². The summed E-state index contributed by atoms with van der Waals surface area (Å²) >= 11 is 6.17. The predicted molar refractivity (Wildman–Crippen MR) is 152 cm³/mol. The zero-order chi connectivity index (χ0) is 25.7. The van der Waals surface area contributed by atoms with Crippen molar-refractivity contribution in [2.24, 2.45) is 0 Å². The van der Waals surface area contributed by atoms with E-state index in [-0.39, 0.29) is 11.5 Å². The molecule has 0 amide bonds. The molecule has 4 nitrogen and oxygen atoms in total. The maximum Gasteiger partial charge on any atom is 0.142 e. The van der Waals surface area contributed by atoms with Gasteiger partial charge in [-0.05, 0) is 60.2 Å². The molecule has 3 aromatic carbocycles. The SMILES string of the molecule is Cc1cc(NCCCN2CCN(C(c3ccccc3)c3ccc(Cl)cc3)CC2)c(O)c(C(C)(C)C)c1. The first-order valence-corrected chi connectivity index (χ1v) is 13.4. The van der Waals surface area contributed by atoms with Crippen LogP contribution in [0.4, 0.5) is 5.69 Å². The summed E-state index contributed by atoms with van der Waals surface area (Å²) in [7, 11) is 0. The standard InChI is InChI=1S/C31H40ClN3O/c1-23-21-27(31(2,3)4)30(36)28(22-23)33-15-8-16-34-17-19-35(20-18-34)29(24-9-6-5-7-10-24)25-11-13-26(32)14-12-25/h5-7,9-14,21-22,29,33,36H,8,15-20H2,1-4H3. The number of aryl methyl sites for hydroxylation is 1. The van der Waals surface area contributed by atoms with E-state index >= 15 is 0 Å². The van der Waals surface area contributed by atoms with Gasteiger partial charge >= 0.3 is 0 Å². The summed E-state index contributed by atoms with van der Waals surface area (Å²) in [5.41, 5.74) is 5.54. The largest absolute Gasteiger partial charge is 0.505 e. The molecule has 192 valence electrons. The molecule has 36 heavy (non-hydrogen) atoms. The number of piperazine rings is 1. The second kappa shape index (κ2) is 11.7. The Balaban J connectivity index is 1.31. The molecule has 3 aromatic rings. The van der Waals surface area contributed by atoms with Crippen LogP contribution in [0.2, 0.25) is 5.02 Å². The molecule has 1 aliphatic heterocycles. The Labute approximate surface area is 221 Å². The van der Waals surface area contributed by atoms with E-state index < -0.39 is 0 Å². The Hall–Kier alpha value is -2.53. The van der Waals surface area contributed by atoms with Gasteiger partial charge in [0.05, 0.1) is 11.7 Å². The van der Waals surface area contributed by atoms with Crippen molar-refractivity contribution in [1.82, 2.24) is 9.80 Å². The zero-order valence-corrected chi connectivity index (χ0v) is 22.9. The van der Waals surface area contributed by atoms with Crippen molar-refractivity contribution in [3.8, 4) is 5.75 Å². The minimum atomic E-state index is -0.0875. The Kier molecular flexibility index (Phi) is 8.61. The average molecular weight is 506 g/mol. The number of phenolic OH excluding ortho intramolecular Hbond substituents is 1. The van der Waals surface area contributed by atoms with Crippen molar-refractivity contribution in [2.75, 3.05) is 44.6 Å². The summed E-state index contributed by atoms with van der Waals surface area (Å²) in [6, 6.07) is 23.5. The zero-order valence-electron chi connectivity index (χ0n) is 22.1. The van der Waals surface area contributed by atoms with Gasteiger partial charge in [0.25, 0.3) is 0 Å². The predicted octanol–water partition coefficient (Wildman–Crippen LogP) is 6.86. The molecule has 1 atom stereocenters. The van der Waals surface area contributed by atoms with Crippen LogP contribution in [0, 0.1) is 6.92 Å². The van der Waals surface area contributed by atoms with E-state index in [0.717, 1.165) is 62.0 Å². The topological polar surface area (TPSA) is 38.7 Å². The van der Waals surface area contributed by atoms with E-state index in [4.69, 9.17) is 11.6 Å². The van der Waals surface area contributed by atoms with Gasteiger partial charge in [-0.25, -0.2) is 0 Å². The smallest absolute Gasteiger partial charge is 0.142 e. The molecule has 0 aromatic heterocycles. The van der Waals surface area contributed by atoms with Gasteiger partial charge in [-0.3, -0.25) is 4.90 Å². The highest BCUT2D eigenvalue weighted by atomic mass is 35.5. The number of benzene rings is 3. The molecule has 1 fully saturated rings. The number of nitrogens with one attached hydrogen (secondary N) is 1. The van der Waals surface area contributed by atoms with E-state index in [1.807, 2.05) is 18.2 Å².